The van der Waals surface area contributed by atoms with Crippen molar-refractivity contribution >= 4 is 18.0 Å². The van der Waals surface area contributed by atoms with Gasteiger partial charge in [-0.15, -0.1) is 0 Å². The highest BCUT2D eigenvalue weighted by Gasteiger charge is 2.18. The Kier molecular flexibility index (Phi) is 7.50. The minimum absolute atomic E-state index is 0.147. The van der Waals surface area contributed by atoms with Crippen molar-refractivity contribution in [2.24, 2.45) is 5.10 Å². The summed E-state index contributed by atoms with van der Waals surface area (Å²) in [6, 6.07) is 8.51. The summed E-state index contributed by atoms with van der Waals surface area (Å²) < 4.78 is 11.3. The van der Waals surface area contributed by atoms with E-state index in [-0.39, 0.29) is 11.8 Å². The van der Waals surface area contributed by atoms with E-state index in [0.717, 1.165) is 0 Å². The lowest BCUT2D eigenvalue weighted by molar-refractivity contribution is -0.135. The van der Waals surface area contributed by atoms with Crippen LogP contribution in [0.5, 0.6) is 11.5 Å². The van der Waals surface area contributed by atoms with Gasteiger partial charge in [0.25, 0.3) is 11.8 Å². The standard InChI is InChI=1S/C20H24N4O4/c1-5-27-18-11-15(8-9-17(18)28-14(2)20(26)24(3)4)12-22-23-19(25)16-7-6-10-21-13-16/h6-14H,5H2,1-4H3,(H,23,25)/b22-12-/t14-/m0/s1. The molecule has 1 N–H and O–H groups in total. The molecule has 1 aromatic heterocycles. The first-order valence-corrected chi connectivity index (χ1v) is 8.80. The largest absolute Gasteiger partial charge is 0.490 e. The smallest absolute Gasteiger partial charge is 0.272 e. The molecule has 1 heterocycles. The second-order valence-electron chi connectivity index (χ2n) is 6.07. The Labute approximate surface area is 164 Å². The maximum atomic E-state index is 12.0. The van der Waals surface area contributed by atoms with Gasteiger partial charge >= 0.3 is 0 Å². The molecule has 0 saturated carbocycles. The average molecular weight is 384 g/mol. The van der Waals surface area contributed by atoms with Crippen LogP contribution in [0.25, 0.3) is 0 Å². The summed E-state index contributed by atoms with van der Waals surface area (Å²) in [5, 5.41) is 3.95. The highest BCUT2D eigenvalue weighted by atomic mass is 16.5. The normalized spacial score (nSPS) is 11.7. The molecule has 8 heteroatoms. The molecule has 148 valence electrons. The number of rotatable bonds is 8. The van der Waals surface area contributed by atoms with Crippen LogP contribution in [0.1, 0.15) is 29.8 Å². The van der Waals surface area contributed by atoms with Gasteiger partial charge in [-0.05, 0) is 49.7 Å². The highest BCUT2D eigenvalue weighted by molar-refractivity contribution is 5.94. The van der Waals surface area contributed by atoms with Gasteiger partial charge in [-0.1, -0.05) is 0 Å². The fraction of sp³-hybridized carbons (Fsp3) is 0.300. The SMILES string of the molecule is CCOc1cc(/C=N\NC(=O)c2cccnc2)ccc1O[C@@H](C)C(=O)N(C)C. The number of amides is 2. The molecular weight excluding hydrogens is 360 g/mol. The minimum Gasteiger partial charge on any atom is -0.490 e. The Hall–Kier alpha value is -3.42. The Morgan fingerprint density at radius 2 is 2.07 bits per heavy atom. The molecule has 2 aromatic rings. The maximum Gasteiger partial charge on any atom is 0.272 e. The summed E-state index contributed by atoms with van der Waals surface area (Å²) >= 11 is 0. The summed E-state index contributed by atoms with van der Waals surface area (Å²) in [7, 11) is 3.34. The van der Waals surface area contributed by atoms with Gasteiger partial charge in [-0.25, -0.2) is 5.43 Å². The molecule has 0 spiro atoms. The molecule has 0 saturated heterocycles. The Bertz CT molecular complexity index is 837. The summed E-state index contributed by atoms with van der Waals surface area (Å²) in [5.41, 5.74) is 3.56. The molecule has 0 bridgehead atoms. The predicted octanol–water partition coefficient (Wildman–Crippen LogP) is 2.10. The zero-order chi connectivity index (χ0) is 20.5. The monoisotopic (exact) mass is 384 g/mol. The lowest BCUT2D eigenvalue weighted by Gasteiger charge is -2.20. The van der Waals surface area contributed by atoms with Crippen LogP contribution in [0.15, 0.2) is 47.8 Å². The number of aromatic nitrogens is 1. The topological polar surface area (TPSA) is 93.1 Å². The second-order valence-corrected chi connectivity index (χ2v) is 6.07. The zero-order valence-electron chi connectivity index (χ0n) is 16.4. The van der Waals surface area contributed by atoms with Gasteiger partial charge in [0.15, 0.2) is 17.6 Å². The maximum absolute atomic E-state index is 12.0. The van der Waals surface area contributed by atoms with E-state index >= 15 is 0 Å². The number of hydrazone groups is 1. The third kappa shape index (κ3) is 5.80. The summed E-state index contributed by atoms with van der Waals surface area (Å²) in [5.74, 6) is 0.445. The minimum atomic E-state index is -0.646. The summed E-state index contributed by atoms with van der Waals surface area (Å²) in [6.07, 6.45) is 3.90. The van der Waals surface area contributed by atoms with E-state index in [1.54, 1.807) is 57.5 Å². The number of hydrogen-bond acceptors (Lipinski definition) is 6. The van der Waals surface area contributed by atoms with Crippen molar-refractivity contribution in [1.82, 2.24) is 15.3 Å². The number of hydrogen-bond donors (Lipinski definition) is 1. The van der Waals surface area contributed by atoms with Gasteiger partial charge < -0.3 is 14.4 Å². The number of pyridine rings is 1. The van der Waals surface area contributed by atoms with Crippen LogP contribution in [0.3, 0.4) is 0 Å². The number of nitrogens with one attached hydrogen (secondary N) is 1. The molecule has 2 amide bonds. The molecular formula is C20H24N4O4. The highest BCUT2D eigenvalue weighted by Crippen LogP contribution is 2.29. The van der Waals surface area contributed by atoms with Gasteiger partial charge in [-0.2, -0.15) is 5.10 Å². The van der Waals surface area contributed by atoms with Crippen LogP contribution in [-0.4, -0.2) is 54.7 Å². The quantitative estimate of drug-likeness (QED) is 0.556. The van der Waals surface area contributed by atoms with Crippen molar-refractivity contribution in [3.05, 3.63) is 53.9 Å². The lowest BCUT2D eigenvalue weighted by Crippen LogP contribution is -2.35. The third-order valence-electron chi connectivity index (χ3n) is 3.66. The molecule has 0 fully saturated rings. The summed E-state index contributed by atoms with van der Waals surface area (Å²) in [6.45, 7) is 3.97. The lowest BCUT2D eigenvalue weighted by atomic mass is 10.2. The van der Waals surface area contributed by atoms with Crippen LogP contribution in [0.2, 0.25) is 0 Å². The molecule has 0 radical (unpaired) electrons. The van der Waals surface area contributed by atoms with E-state index in [0.29, 0.717) is 29.2 Å². The van der Waals surface area contributed by atoms with Crippen molar-refractivity contribution in [2.45, 2.75) is 20.0 Å². The van der Waals surface area contributed by atoms with Crippen molar-refractivity contribution in [3.8, 4) is 11.5 Å². The van der Waals surface area contributed by atoms with Gasteiger partial charge in [0.1, 0.15) is 0 Å². The van der Waals surface area contributed by atoms with Crippen LogP contribution < -0.4 is 14.9 Å². The fourth-order valence-electron chi connectivity index (χ4n) is 2.30. The van der Waals surface area contributed by atoms with Crippen LogP contribution in [-0.2, 0) is 4.79 Å². The van der Waals surface area contributed by atoms with E-state index in [4.69, 9.17) is 9.47 Å². The molecule has 28 heavy (non-hydrogen) atoms. The van der Waals surface area contributed by atoms with Gasteiger partial charge in [0, 0.05) is 26.5 Å². The predicted molar refractivity (Wildman–Crippen MR) is 106 cm³/mol. The second kappa shape index (κ2) is 10.1. The molecule has 0 aliphatic carbocycles. The van der Waals surface area contributed by atoms with Gasteiger partial charge in [0.2, 0.25) is 0 Å². The Balaban J connectivity index is 2.08. The van der Waals surface area contributed by atoms with Crippen LogP contribution in [0, 0.1) is 0 Å². The molecule has 1 atom stereocenters. The van der Waals surface area contributed by atoms with E-state index in [1.807, 2.05) is 6.92 Å². The van der Waals surface area contributed by atoms with Crippen molar-refractivity contribution in [1.29, 1.82) is 0 Å². The van der Waals surface area contributed by atoms with E-state index in [1.165, 1.54) is 17.3 Å². The molecule has 0 aliphatic heterocycles. The first-order chi connectivity index (χ1) is 13.4. The number of ether oxygens (including phenoxy) is 2. The van der Waals surface area contributed by atoms with Gasteiger partial charge in [0.05, 0.1) is 18.4 Å². The first-order valence-electron chi connectivity index (χ1n) is 8.80. The van der Waals surface area contributed by atoms with E-state index in [2.05, 4.69) is 15.5 Å². The molecule has 2 rings (SSSR count). The Morgan fingerprint density at radius 3 is 2.71 bits per heavy atom. The third-order valence-corrected chi connectivity index (χ3v) is 3.66. The number of benzene rings is 1. The van der Waals surface area contributed by atoms with Gasteiger partial charge in [-0.3, -0.25) is 14.6 Å². The summed E-state index contributed by atoms with van der Waals surface area (Å²) in [4.78, 5) is 29.3. The number of nitrogens with zero attached hydrogens (tertiary/aromatic N) is 3. The van der Waals surface area contributed by atoms with E-state index < -0.39 is 6.10 Å². The molecule has 0 aliphatic rings. The van der Waals surface area contributed by atoms with Crippen molar-refractivity contribution in [2.75, 3.05) is 20.7 Å². The number of carbonyl (C=O) groups excluding carboxylic acids is 2. The molecule has 1 aromatic carbocycles. The van der Waals surface area contributed by atoms with Crippen molar-refractivity contribution in [3.63, 3.8) is 0 Å². The molecule has 0 unspecified atom stereocenters. The van der Waals surface area contributed by atoms with Crippen LogP contribution in [0.4, 0.5) is 0 Å². The zero-order valence-corrected chi connectivity index (χ0v) is 16.4. The first kappa shape index (κ1) is 20.9. The number of likely N-dealkylation sites (N-methyl/N-ethyl adjacent to an activating group) is 1. The van der Waals surface area contributed by atoms with Crippen molar-refractivity contribution < 1.29 is 19.1 Å². The Morgan fingerprint density at radius 1 is 1.29 bits per heavy atom. The number of carbonyl (C=O) groups is 2. The average Bonchev–Trinajstić information content (AvgIpc) is 2.69. The fourth-order valence-corrected chi connectivity index (χ4v) is 2.30. The van der Waals surface area contributed by atoms with Crippen LogP contribution >= 0.6 is 0 Å². The molecule has 8 nitrogen and oxygen atoms in total. The van der Waals surface area contributed by atoms with E-state index in [9.17, 15) is 9.59 Å².